The summed E-state index contributed by atoms with van der Waals surface area (Å²) >= 11 is 0. The minimum atomic E-state index is -0.314. The predicted molar refractivity (Wildman–Crippen MR) is 90.6 cm³/mol. The first kappa shape index (κ1) is 17.1. The maximum atomic E-state index is 12.4. The molecule has 1 aromatic rings. The minimum Gasteiger partial charge on any atom is -0.466 e. The number of carbonyl (C=O) groups is 1. The molecule has 1 saturated carbocycles. The molecule has 0 bridgehead atoms. The molecule has 1 fully saturated rings. The van der Waals surface area contributed by atoms with E-state index in [1.807, 2.05) is 6.92 Å². The molecule has 3 atom stereocenters. The third kappa shape index (κ3) is 4.12. The van der Waals surface area contributed by atoms with Gasteiger partial charge in [-0.3, -0.25) is 4.79 Å². The zero-order chi connectivity index (χ0) is 16.0. The van der Waals surface area contributed by atoms with E-state index in [1.165, 1.54) is 18.4 Å². The molecule has 0 spiro atoms. The molecule has 1 aliphatic rings. The van der Waals surface area contributed by atoms with Crippen LogP contribution in [0.15, 0.2) is 30.3 Å². The van der Waals surface area contributed by atoms with Gasteiger partial charge in [-0.25, -0.2) is 0 Å². The lowest BCUT2D eigenvalue weighted by Crippen LogP contribution is -2.38. The van der Waals surface area contributed by atoms with Gasteiger partial charge in [-0.1, -0.05) is 56.5 Å². The zero-order valence-electron chi connectivity index (χ0n) is 14.3. The van der Waals surface area contributed by atoms with E-state index in [0.29, 0.717) is 18.4 Å². The number of carbonyl (C=O) groups excluding carboxylic acids is 1. The highest BCUT2D eigenvalue weighted by Gasteiger charge is 2.41. The minimum absolute atomic E-state index is 0.00265. The lowest BCUT2D eigenvalue weighted by Gasteiger charge is -2.37. The number of benzene rings is 1. The largest absolute Gasteiger partial charge is 0.466 e. The molecule has 22 heavy (non-hydrogen) atoms. The first-order chi connectivity index (χ1) is 10.6. The molecule has 2 rings (SSSR count). The van der Waals surface area contributed by atoms with E-state index in [9.17, 15) is 4.79 Å². The van der Waals surface area contributed by atoms with Crippen LogP contribution >= 0.6 is 0 Å². The van der Waals surface area contributed by atoms with Crippen molar-refractivity contribution < 1.29 is 9.53 Å². The first-order valence-corrected chi connectivity index (χ1v) is 8.77. The maximum Gasteiger partial charge on any atom is 0.312 e. The van der Waals surface area contributed by atoms with Crippen LogP contribution in [0.5, 0.6) is 0 Å². The van der Waals surface area contributed by atoms with Gasteiger partial charge < -0.3 is 4.74 Å². The summed E-state index contributed by atoms with van der Waals surface area (Å²) in [6, 6.07) is 10.7. The Morgan fingerprint density at radius 3 is 2.68 bits per heavy atom. The highest BCUT2D eigenvalue weighted by molar-refractivity contribution is 5.76. The van der Waals surface area contributed by atoms with Crippen LogP contribution in [0.2, 0.25) is 0 Å². The van der Waals surface area contributed by atoms with Crippen molar-refractivity contribution in [2.45, 2.75) is 59.3 Å². The van der Waals surface area contributed by atoms with Crippen molar-refractivity contribution in [1.29, 1.82) is 0 Å². The van der Waals surface area contributed by atoms with E-state index < -0.39 is 0 Å². The van der Waals surface area contributed by atoms with Crippen molar-refractivity contribution >= 4 is 5.97 Å². The van der Waals surface area contributed by atoms with Gasteiger partial charge in [0, 0.05) is 0 Å². The van der Waals surface area contributed by atoms with E-state index in [2.05, 4.69) is 44.2 Å². The number of rotatable bonds is 4. The second-order valence-corrected chi connectivity index (χ2v) is 7.08. The maximum absolute atomic E-state index is 12.4. The molecule has 2 nitrogen and oxygen atoms in total. The summed E-state index contributed by atoms with van der Waals surface area (Å²) in [5.41, 5.74) is 1.10. The Morgan fingerprint density at radius 1 is 1.27 bits per heavy atom. The Balaban J connectivity index is 2.06. The molecule has 0 N–H and O–H groups in total. The van der Waals surface area contributed by atoms with Gasteiger partial charge in [0.1, 0.15) is 0 Å². The third-order valence-corrected chi connectivity index (χ3v) is 5.44. The van der Waals surface area contributed by atoms with Crippen molar-refractivity contribution in [3.05, 3.63) is 35.9 Å². The molecule has 0 aromatic heterocycles. The topological polar surface area (TPSA) is 26.3 Å². The van der Waals surface area contributed by atoms with E-state index in [-0.39, 0.29) is 11.4 Å². The first-order valence-electron chi connectivity index (χ1n) is 8.77. The fourth-order valence-corrected chi connectivity index (χ4v) is 3.78. The lowest BCUT2D eigenvalue weighted by molar-refractivity contribution is -0.159. The molecular weight excluding hydrogens is 272 g/mol. The van der Waals surface area contributed by atoms with Crippen molar-refractivity contribution in [3.8, 4) is 0 Å². The van der Waals surface area contributed by atoms with Crippen molar-refractivity contribution in [2.24, 2.45) is 17.3 Å². The molecule has 3 unspecified atom stereocenters. The van der Waals surface area contributed by atoms with E-state index >= 15 is 0 Å². The van der Waals surface area contributed by atoms with Gasteiger partial charge in [0.25, 0.3) is 0 Å². The highest BCUT2D eigenvalue weighted by atomic mass is 16.5. The molecule has 0 amide bonds. The second-order valence-electron chi connectivity index (χ2n) is 7.08. The Bertz CT molecular complexity index is 468. The predicted octanol–water partition coefficient (Wildman–Crippen LogP) is 5.01. The Morgan fingerprint density at radius 2 is 2.00 bits per heavy atom. The molecule has 1 aliphatic carbocycles. The summed E-state index contributed by atoms with van der Waals surface area (Å²) < 4.78 is 5.37. The third-order valence-electron chi connectivity index (χ3n) is 5.44. The molecule has 2 heteroatoms. The summed E-state index contributed by atoms with van der Waals surface area (Å²) in [6.07, 6.45) is 6.83. The summed E-state index contributed by atoms with van der Waals surface area (Å²) in [5.74, 6) is 1.05. The number of hydrogen-bond acceptors (Lipinski definition) is 2. The fourth-order valence-electron chi connectivity index (χ4n) is 3.78. The summed E-state index contributed by atoms with van der Waals surface area (Å²) in [7, 11) is 0. The molecule has 1 aromatic carbocycles. The van der Waals surface area contributed by atoms with Crippen LogP contribution < -0.4 is 0 Å². The summed E-state index contributed by atoms with van der Waals surface area (Å²) in [5, 5.41) is 0. The molecule has 0 aliphatic heterocycles. The van der Waals surface area contributed by atoms with Crippen molar-refractivity contribution in [1.82, 2.24) is 0 Å². The van der Waals surface area contributed by atoms with Crippen LogP contribution in [0.3, 0.4) is 0 Å². The monoisotopic (exact) mass is 302 g/mol. The average molecular weight is 302 g/mol. The fraction of sp³-hybridized carbons (Fsp3) is 0.650. The molecule has 0 heterocycles. The van der Waals surface area contributed by atoms with Gasteiger partial charge in [0.2, 0.25) is 0 Å². The average Bonchev–Trinajstić information content (AvgIpc) is 2.51. The number of ether oxygens (including phenoxy) is 1. The van der Waals surface area contributed by atoms with Crippen LogP contribution in [-0.2, 0) is 16.0 Å². The SMILES string of the molecule is CCOC(=O)C1(C)CCCCC(Cc2ccccc2)CC1C. The normalized spacial score (nSPS) is 29.4. The Labute approximate surface area is 135 Å². The summed E-state index contributed by atoms with van der Waals surface area (Å²) in [6.45, 7) is 6.72. The Kier molecular flexibility index (Phi) is 6.05. The lowest BCUT2D eigenvalue weighted by atomic mass is 9.67. The molecular formula is C20H30O2. The van der Waals surface area contributed by atoms with Gasteiger partial charge in [-0.15, -0.1) is 0 Å². The van der Waals surface area contributed by atoms with Gasteiger partial charge in [0.05, 0.1) is 12.0 Å². The van der Waals surface area contributed by atoms with Gasteiger partial charge in [-0.05, 0) is 50.5 Å². The van der Waals surface area contributed by atoms with E-state index in [0.717, 1.165) is 25.7 Å². The van der Waals surface area contributed by atoms with Crippen LogP contribution in [0, 0.1) is 17.3 Å². The van der Waals surface area contributed by atoms with E-state index in [1.54, 1.807) is 0 Å². The van der Waals surface area contributed by atoms with Crippen molar-refractivity contribution in [3.63, 3.8) is 0 Å². The van der Waals surface area contributed by atoms with Crippen LogP contribution in [0.4, 0.5) is 0 Å². The highest BCUT2D eigenvalue weighted by Crippen LogP contribution is 2.42. The molecule has 0 saturated heterocycles. The molecule has 122 valence electrons. The van der Waals surface area contributed by atoms with Gasteiger partial charge >= 0.3 is 5.97 Å². The smallest absolute Gasteiger partial charge is 0.312 e. The van der Waals surface area contributed by atoms with Gasteiger partial charge in [-0.2, -0.15) is 0 Å². The second kappa shape index (κ2) is 7.80. The molecule has 0 radical (unpaired) electrons. The summed E-state index contributed by atoms with van der Waals surface area (Å²) in [4.78, 5) is 12.4. The Hall–Kier alpha value is -1.31. The standard InChI is InChI=1S/C20H30O2/c1-4-22-19(21)20(3)13-9-8-12-18(14-16(20)2)15-17-10-6-5-7-11-17/h5-7,10-11,16,18H,4,8-9,12-15H2,1-3H3. The number of hydrogen-bond donors (Lipinski definition) is 0. The number of esters is 1. The van der Waals surface area contributed by atoms with E-state index in [4.69, 9.17) is 4.74 Å². The quantitative estimate of drug-likeness (QED) is 0.730. The van der Waals surface area contributed by atoms with Gasteiger partial charge in [0.15, 0.2) is 0 Å². The van der Waals surface area contributed by atoms with Crippen LogP contribution in [-0.4, -0.2) is 12.6 Å². The zero-order valence-corrected chi connectivity index (χ0v) is 14.3. The van der Waals surface area contributed by atoms with Crippen LogP contribution in [0.1, 0.15) is 58.4 Å². The van der Waals surface area contributed by atoms with Crippen LogP contribution in [0.25, 0.3) is 0 Å². The van der Waals surface area contributed by atoms with Crippen molar-refractivity contribution in [2.75, 3.05) is 6.61 Å².